The third-order valence-corrected chi connectivity index (χ3v) is 5.77. The molecule has 0 bridgehead atoms. The fourth-order valence-corrected chi connectivity index (χ4v) is 4.27. The lowest BCUT2D eigenvalue weighted by molar-refractivity contribution is -0.137. The van der Waals surface area contributed by atoms with E-state index in [0.717, 1.165) is 15.8 Å². The van der Waals surface area contributed by atoms with Gasteiger partial charge in [-0.25, -0.2) is 0 Å². The Morgan fingerprint density at radius 3 is 2.34 bits per heavy atom. The Morgan fingerprint density at radius 2 is 1.76 bits per heavy atom. The third kappa shape index (κ3) is 5.16. The zero-order valence-electron chi connectivity index (χ0n) is 16.2. The van der Waals surface area contributed by atoms with E-state index in [0.29, 0.717) is 31.7 Å². The van der Waals surface area contributed by atoms with E-state index in [1.54, 1.807) is 16.2 Å². The lowest BCUT2D eigenvalue weighted by atomic mass is 10.1. The van der Waals surface area contributed by atoms with Gasteiger partial charge in [-0.3, -0.25) is 14.5 Å². The molecule has 1 aromatic carbocycles. The second kappa shape index (κ2) is 8.54. The first-order valence-electron chi connectivity index (χ1n) is 9.20. The maximum atomic E-state index is 13.0. The molecule has 29 heavy (non-hydrogen) atoms. The van der Waals surface area contributed by atoms with Crippen molar-refractivity contribution in [3.63, 3.8) is 0 Å². The van der Waals surface area contributed by atoms with Gasteiger partial charge in [0.15, 0.2) is 0 Å². The van der Waals surface area contributed by atoms with E-state index >= 15 is 0 Å². The molecule has 1 aliphatic heterocycles. The molecule has 2 aromatic rings. The predicted octanol–water partition coefficient (Wildman–Crippen LogP) is 3.78. The number of carbonyl (C=O) groups excluding carboxylic acids is 2. The summed E-state index contributed by atoms with van der Waals surface area (Å²) in [6, 6.07) is 6.80. The first kappa shape index (κ1) is 21.3. The number of carbonyl (C=O) groups is 2. The number of alkyl halides is 3. The molecule has 0 saturated carbocycles. The molecule has 0 atom stereocenters. The zero-order chi connectivity index (χ0) is 21.2. The molecule has 0 unspecified atom stereocenters. The first-order valence-corrected chi connectivity index (χ1v) is 10.0. The van der Waals surface area contributed by atoms with Gasteiger partial charge in [0.25, 0.3) is 5.91 Å². The number of aryl methyl sites for hydroxylation is 2. The van der Waals surface area contributed by atoms with Crippen LogP contribution in [0.5, 0.6) is 0 Å². The normalized spacial score (nSPS) is 15.4. The minimum atomic E-state index is -4.53. The molecule has 0 spiro atoms. The van der Waals surface area contributed by atoms with Gasteiger partial charge in [-0.15, -0.1) is 11.3 Å². The topological polar surface area (TPSA) is 52.7 Å². The Bertz CT molecular complexity index is 903. The van der Waals surface area contributed by atoms with Crippen molar-refractivity contribution in [2.24, 2.45) is 0 Å². The molecule has 3 rings (SSSR count). The lowest BCUT2D eigenvalue weighted by Gasteiger charge is -2.34. The van der Waals surface area contributed by atoms with Gasteiger partial charge < -0.3 is 10.2 Å². The van der Waals surface area contributed by atoms with Crippen molar-refractivity contribution in [1.82, 2.24) is 9.80 Å². The van der Waals surface area contributed by atoms with Crippen molar-refractivity contribution in [2.75, 3.05) is 38.0 Å². The monoisotopic (exact) mass is 425 g/mol. The molecule has 0 aliphatic carbocycles. The van der Waals surface area contributed by atoms with Crippen LogP contribution in [0, 0.1) is 13.8 Å². The fraction of sp³-hybridized carbons (Fsp3) is 0.400. The Kier molecular flexibility index (Phi) is 6.28. The summed E-state index contributed by atoms with van der Waals surface area (Å²) in [7, 11) is 0. The van der Waals surface area contributed by atoms with Crippen LogP contribution >= 0.6 is 11.3 Å². The Hall–Kier alpha value is -2.39. The number of thiophene rings is 1. The summed E-state index contributed by atoms with van der Waals surface area (Å²) in [6.07, 6.45) is -4.53. The molecule has 5 nitrogen and oxygen atoms in total. The highest BCUT2D eigenvalue weighted by Crippen LogP contribution is 2.34. The number of nitrogens with zero attached hydrogens (tertiary/aromatic N) is 2. The quantitative estimate of drug-likeness (QED) is 0.811. The second-order valence-electron chi connectivity index (χ2n) is 6.99. The average molecular weight is 425 g/mol. The van der Waals surface area contributed by atoms with E-state index in [2.05, 4.69) is 5.32 Å². The van der Waals surface area contributed by atoms with Gasteiger partial charge >= 0.3 is 6.18 Å². The molecule has 1 N–H and O–H groups in total. The SMILES string of the molecule is Cc1cc(C(=O)N2CCN(CC(=O)Nc3ccccc3C(F)(F)F)CC2)c(C)s1. The number of anilines is 1. The Morgan fingerprint density at radius 1 is 1.10 bits per heavy atom. The zero-order valence-corrected chi connectivity index (χ0v) is 17.0. The summed E-state index contributed by atoms with van der Waals surface area (Å²) < 4.78 is 39.1. The van der Waals surface area contributed by atoms with Crippen molar-refractivity contribution >= 4 is 28.8 Å². The highest BCUT2D eigenvalue weighted by Gasteiger charge is 2.33. The summed E-state index contributed by atoms with van der Waals surface area (Å²) in [4.78, 5) is 30.6. The van der Waals surface area contributed by atoms with Crippen LogP contribution in [0.25, 0.3) is 0 Å². The Labute approximate surface area is 171 Å². The van der Waals surface area contributed by atoms with Crippen molar-refractivity contribution in [1.29, 1.82) is 0 Å². The van der Waals surface area contributed by atoms with Gasteiger partial charge in [0.2, 0.25) is 5.91 Å². The number of para-hydroxylation sites is 1. The minimum absolute atomic E-state index is 0.0185. The van der Waals surface area contributed by atoms with Crippen molar-refractivity contribution in [3.05, 3.63) is 51.2 Å². The van der Waals surface area contributed by atoms with Gasteiger partial charge in [-0.2, -0.15) is 13.2 Å². The van der Waals surface area contributed by atoms with Crippen LogP contribution in [-0.4, -0.2) is 54.3 Å². The standard InChI is InChI=1S/C20H22F3N3O2S/c1-13-11-15(14(2)29-13)19(28)26-9-7-25(8-10-26)12-18(27)24-17-6-4-3-5-16(17)20(21,22)23/h3-6,11H,7-10,12H2,1-2H3,(H,24,27). The van der Waals surface area contributed by atoms with Gasteiger partial charge in [0.05, 0.1) is 23.4 Å². The number of nitrogens with one attached hydrogen (secondary N) is 1. The number of amides is 2. The molecule has 9 heteroatoms. The summed E-state index contributed by atoms with van der Waals surface area (Å²) in [5.74, 6) is -0.527. The van der Waals surface area contributed by atoms with Gasteiger partial charge in [0, 0.05) is 35.9 Å². The van der Waals surface area contributed by atoms with Crippen LogP contribution in [-0.2, 0) is 11.0 Å². The Balaban J connectivity index is 1.54. The molecular weight excluding hydrogens is 403 g/mol. The molecule has 2 amide bonds. The van der Waals surface area contributed by atoms with Gasteiger partial charge in [-0.1, -0.05) is 12.1 Å². The van der Waals surface area contributed by atoms with Crippen molar-refractivity contribution < 1.29 is 22.8 Å². The van der Waals surface area contributed by atoms with E-state index in [-0.39, 0.29) is 18.1 Å². The lowest BCUT2D eigenvalue weighted by Crippen LogP contribution is -2.50. The largest absolute Gasteiger partial charge is 0.418 e. The van der Waals surface area contributed by atoms with Crippen LogP contribution < -0.4 is 5.32 Å². The number of halogens is 3. The number of piperazine rings is 1. The smallest absolute Gasteiger partial charge is 0.336 e. The number of hydrogen-bond acceptors (Lipinski definition) is 4. The average Bonchev–Trinajstić information content (AvgIpc) is 2.99. The molecular formula is C20H22F3N3O2S. The molecule has 1 fully saturated rings. The maximum absolute atomic E-state index is 13.0. The molecule has 0 radical (unpaired) electrons. The second-order valence-corrected chi connectivity index (χ2v) is 8.45. The predicted molar refractivity (Wildman–Crippen MR) is 106 cm³/mol. The minimum Gasteiger partial charge on any atom is -0.336 e. The summed E-state index contributed by atoms with van der Waals surface area (Å²) in [5.41, 5.74) is -0.408. The molecule has 1 aromatic heterocycles. The fourth-order valence-electron chi connectivity index (χ4n) is 3.35. The number of benzene rings is 1. The van der Waals surface area contributed by atoms with E-state index in [1.807, 2.05) is 24.8 Å². The van der Waals surface area contributed by atoms with Crippen LogP contribution in [0.15, 0.2) is 30.3 Å². The summed E-state index contributed by atoms with van der Waals surface area (Å²) in [6.45, 7) is 5.78. The van der Waals surface area contributed by atoms with Crippen molar-refractivity contribution in [3.8, 4) is 0 Å². The van der Waals surface area contributed by atoms with Crippen molar-refractivity contribution in [2.45, 2.75) is 20.0 Å². The molecule has 156 valence electrons. The van der Waals surface area contributed by atoms with Crippen LogP contribution in [0.1, 0.15) is 25.7 Å². The highest BCUT2D eigenvalue weighted by molar-refractivity contribution is 7.12. The van der Waals surface area contributed by atoms with Gasteiger partial charge in [0.1, 0.15) is 0 Å². The summed E-state index contributed by atoms with van der Waals surface area (Å²) in [5, 5.41) is 2.35. The number of rotatable bonds is 4. The third-order valence-electron chi connectivity index (χ3n) is 4.80. The van der Waals surface area contributed by atoms with E-state index in [9.17, 15) is 22.8 Å². The van der Waals surface area contributed by atoms with E-state index in [1.165, 1.54) is 18.2 Å². The number of hydrogen-bond donors (Lipinski definition) is 1. The highest BCUT2D eigenvalue weighted by atomic mass is 32.1. The molecule has 2 heterocycles. The summed E-state index contributed by atoms with van der Waals surface area (Å²) >= 11 is 1.58. The van der Waals surface area contributed by atoms with E-state index < -0.39 is 17.6 Å². The van der Waals surface area contributed by atoms with Crippen LogP contribution in [0.3, 0.4) is 0 Å². The van der Waals surface area contributed by atoms with Crippen LogP contribution in [0.4, 0.5) is 18.9 Å². The maximum Gasteiger partial charge on any atom is 0.418 e. The first-order chi connectivity index (χ1) is 13.6. The molecule has 1 saturated heterocycles. The van der Waals surface area contributed by atoms with Crippen LogP contribution in [0.2, 0.25) is 0 Å². The van der Waals surface area contributed by atoms with E-state index in [4.69, 9.17) is 0 Å². The molecule has 1 aliphatic rings. The van der Waals surface area contributed by atoms with Gasteiger partial charge in [-0.05, 0) is 32.0 Å².